The van der Waals surface area contributed by atoms with Crippen LogP contribution in [0.4, 0.5) is 0 Å². The van der Waals surface area contributed by atoms with E-state index in [0.717, 1.165) is 25.6 Å². The molecular formula is C22H17Br2NO3S. The van der Waals surface area contributed by atoms with Crippen LogP contribution in [0.3, 0.4) is 0 Å². The third-order valence-corrected chi connectivity index (χ3v) is 7.59. The first-order valence-corrected chi connectivity index (χ1v) is 11.9. The van der Waals surface area contributed by atoms with E-state index < -0.39 is 9.84 Å². The molecule has 7 heteroatoms. The third kappa shape index (κ3) is 3.86. The molecule has 0 unspecified atom stereocenters. The lowest BCUT2D eigenvalue weighted by Gasteiger charge is -2.11. The average molecular weight is 535 g/mol. The molecule has 1 heterocycles. The van der Waals surface area contributed by atoms with E-state index in [9.17, 15) is 8.42 Å². The van der Waals surface area contributed by atoms with Gasteiger partial charge in [-0.1, -0.05) is 17.7 Å². The molecule has 0 atom stereocenters. The Kier molecular flexibility index (Phi) is 5.31. The van der Waals surface area contributed by atoms with Gasteiger partial charge in [0.2, 0.25) is 9.84 Å². The molecular weight excluding hydrogens is 518 g/mol. The number of rotatable bonds is 4. The highest BCUT2D eigenvalue weighted by molar-refractivity contribution is 9.11. The molecule has 148 valence electrons. The van der Waals surface area contributed by atoms with E-state index in [-0.39, 0.29) is 9.79 Å². The summed E-state index contributed by atoms with van der Waals surface area (Å²) in [5, 5.41) is 0.586. The van der Waals surface area contributed by atoms with Gasteiger partial charge in [-0.2, -0.15) is 0 Å². The zero-order valence-electron chi connectivity index (χ0n) is 15.7. The molecule has 0 fully saturated rings. The number of sulfone groups is 1. The second-order valence-electron chi connectivity index (χ2n) is 6.84. The zero-order valence-corrected chi connectivity index (χ0v) is 19.7. The van der Waals surface area contributed by atoms with Gasteiger partial charge in [-0.3, -0.25) is 0 Å². The van der Waals surface area contributed by atoms with Crippen LogP contribution in [-0.2, 0) is 9.84 Å². The Balaban J connectivity index is 1.78. The van der Waals surface area contributed by atoms with Gasteiger partial charge in [0.05, 0.1) is 18.7 Å². The predicted octanol–water partition coefficient (Wildman–Crippen LogP) is 6.93. The van der Waals surface area contributed by atoms with Gasteiger partial charge >= 0.3 is 0 Å². The van der Waals surface area contributed by atoms with Crippen molar-refractivity contribution in [3.05, 3.63) is 80.9 Å². The number of benzene rings is 3. The van der Waals surface area contributed by atoms with Gasteiger partial charge in [0.1, 0.15) is 5.75 Å². The molecule has 0 amide bonds. The maximum absolute atomic E-state index is 13.2. The Morgan fingerprint density at radius 3 is 2.17 bits per heavy atom. The fraction of sp³-hybridized carbons (Fsp3) is 0.0909. The van der Waals surface area contributed by atoms with E-state index in [0.29, 0.717) is 16.9 Å². The second kappa shape index (κ2) is 7.63. The second-order valence-corrected chi connectivity index (χ2v) is 10.5. The standard InChI is InChI=1S/C22H17Br2NO3S/c1-13-3-6-16(7-4-13)29(26,27)21-12-25-20-8-5-15(11-17(20)21)28-22-18(23)9-14(2)10-19(22)24/h3-12,25H,1-2H3. The van der Waals surface area contributed by atoms with E-state index in [4.69, 9.17) is 4.74 Å². The van der Waals surface area contributed by atoms with E-state index in [1.165, 1.54) is 6.20 Å². The van der Waals surface area contributed by atoms with Crippen molar-refractivity contribution in [3.8, 4) is 11.5 Å². The summed E-state index contributed by atoms with van der Waals surface area (Å²) in [6, 6.07) is 16.1. The predicted molar refractivity (Wildman–Crippen MR) is 122 cm³/mol. The largest absolute Gasteiger partial charge is 0.455 e. The highest BCUT2D eigenvalue weighted by atomic mass is 79.9. The Hall–Kier alpha value is -2.09. The number of hydrogen-bond donors (Lipinski definition) is 1. The summed E-state index contributed by atoms with van der Waals surface area (Å²) in [5.41, 5.74) is 2.82. The maximum atomic E-state index is 13.2. The Morgan fingerprint density at radius 2 is 1.52 bits per heavy atom. The maximum Gasteiger partial charge on any atom is 0.208 e. The summed E-state index contributed by atoms with van der Waals surface area (Å²) in [6.45, 7) is 3.92. The van der Waals surface area contributed by atoms with Crippen LogP contribution in [0, 0.1) is 13.8 Å². The van der Waals surface area contributed by atoms with Crippen LogP contribution in [0.15, 0.2) is 79.5 Å². The summed E-state index contributed by atoms with van der Waals surface area (Å²) < 4.78 is 34.0. The van der Waals surface area contributed by atoms with Gasteiger partial charge in [-0.05, 0) is 93.7 Å². The molecule has 0 aliphatic heterocycles. The Morgan fingerprint density at radius 1 is 0.862 bits per heavy atom. The first kappa shape index (κ1) is 20.2. The highest BCUT2D eigenvalue weighted by Crippen LogP contribution is 2.39. The van der Waals surface area contributed by atoms with E-state index in [1.54, 1.807) is 36.4 Å². The topological polar surface area (TPSA) is 59.2 Å². The molecule has 1 aromatic heterocycles. The van der Waals surface area contributed by atoms with Crippen LogP contribution in [0.2, 0.25) is 0 Å². The summed E-state index contributed by atoms with van der Waals surface area (Å²) in [6.07, 6.45) is 1.53. The molecule has 4 rings (SSSR count). The SMILES string of the molecule is Cc1ccc(S(=O)(=O)c2c[nH]c3ccc(Oc4c(Br)cc(C)cc4Br)cc23)cc1. The highest BCUT2D eigenvalue weighted by Gasteiger charge is 2.22. The van der Waals surface area contributed by atoms with Gasteiger partial charge in [0.25, 0.3) is 0 Å². The number of hydrogen-bond acceptors (Lipinski definition) is 3. The molecule has 0 saturated carbocycles. The third-order valence-electron chi connectivity index (χ3n) is 4.60. The van der Waals surface area contributed by atoms with Crippen molar-refractivity contribution in [3.63, 3.8) is 0 Å². The first-order valence-electron chi connectivity index (χ1n) is 8.82. The minimum atomic E-state index is -3.66. The minimum absolute atomic E-state index is 0.226. The number of aromatic nitrogens is 1. The zero-order chi connectivity index (χ0) is 20.8. The average Bonchev–Trinajstić information content (AvgIpc) is 3.09. The number of nitrogens with one attached hydrogen (secondary N) is 1. The smallest absolute Gasteiger partial charge is 0.208 e. The lowest BCUT2D eigenvalue weighted by Crippen LogP contribution is -2.01. The molecule has 4 aromatic rings. The number of halogens is 2. The summed E-state index contributed by atoms with van der Waals surface area (Å²) in [7, 11) is -3.66. The summed E-state index contributed by atoms with van der Waals surface area (Å²) in [4.78, 5) is 3.53. The van der Waals surface area contributed by atoms with Crippen molar-refractivity contribution in [2.24, 2.45) is 0 Å². The normalized spacial score (nSPS) is 11.7. The van der Waals surface area contributed by atoms with Crippen molar-refractivity contribution in [2.75, 3.05) is 0 Å². The molecule has 0 bridgehead atoms. The van der Waals surface area contributed by atoms with Crippen LogP contribution in [0.5, 0.6) is 11.5 Å². The van der Waals surface area contributed by atoms with E-state index >= 15 is 0 Å². The Bertz CT molecular complexity index is 1300. The molecule has 29 heavy (non-hydrogen) atoms. The van der Waals surface area contributed by atoms with Crippen LogP contribution < -0.4 is 4.74 Å². The first-order chi connectivity index (χ1) is 13.8. The monoisotopic (exact) mass is 533 g/mol. The number of H-pyrrole nitrogens is 1. The number of aromatic amines is 1. The lowest BCUT2D eigenvalue weighted by molar-refractivity contribution is 0.477. The molecule has 1 N–H and O–H groups in total. The quantitative estimate of drug-likeness (QED) is 0.308. The van der Waals surface area contributed by atoms with Gasteiger partial charge in [0, 0.05) is 17.1 Å². The van der Waals surface area contributed by atoms with Gasteiger partial charge in [0.15, 0.2) is 5.75 Å². The van der Waals surface area contributed by atoms with Crippen LogP contribution in [-0.4, -0.2) is 13.4 Å². The van der Waals surface area contributed by atoms with Crippen molar-refractivity contribution < 1.29 is 13.2 Å². The van der Waals surface area contributed by atoms with E-state index in [1.807, 2.05) is 32.0 Å². The fourth-order valence-corrected chi connectivity index (χ4v) is 6.10. The van der Waals surface area contributed by atoms with Gasteiger partial charge < -0.3 is 9.72 Å². The van der Waals surface area contributed by atoms with Crippen molar-refractivity contribution in [2.45, 2.75) is 23.6 Å². The number of ether oxygens (including phenoxy) is 1. The Labute approximate surface area is 186 Å². The van der Waals surface area contributed by atoms with Crippen molar-refractivity contribution >= 4 is 52.6 Å². The summed E-state index contributed by atoms with van der Waals surface area (Å²) >= 11 is 7.05. The van der Waals surface area contributed by atoms with Gasteiger partial charge in [-0.25, -0.2) is 8.42 Å². The molecule has 4 nitrogen and oxygen atoms in total. The molecule has 0 radical (unpaired) electrons. The summed E-state index contributed by atoms with van der Waals surface area (Å²) in [5.74, 6) is 1.18. The van der Waals surface area contributed by atoms with Crippen molar-refractivity contribution in [1.29, 1.82) is 0 Å². The van der Waals surface area contributed by atoms with Crippen LogP contribution >= 0.6 is 31.9 Å². The van der Waals surface area contributed by atoms with Crippen LogP contribution in [0.1, 0.15) is 11.1 Å². The van der Waals surface area contributed by atoms with E-state index in [2.05, 4.69) is 36.8 Å². The van der Waals surface area contributed by atoms with Crippen molar-refractivity contribution in [1.82, 2.24) is 4.98 Å². The molecule has 3 aromatic carbocycles. The molecule has 0 spiro atoms. The number of aryl methyl sites for hydroxylation is 2. The minimum Gasteiger partial charge on any atom is -0.455 e. The van der Waals surface area contributed by atoms with Crippen LogP contribution in [0.25, 0.3) is 10.9 Å². The lowest BCUT2D eigenvalue weighted by atomic mass is 10.2. The van der Waals surface area contributed by atoms with Gasteiger partial charge in [-0.15, -0.1) is 0 Å². The molecule has 0 aliphatic rings. The number of fused-ring (bicyclic) bond motifs is 1. The fourth-order valence-electron chi connectivity index (χ4n) is 3.11. The molecule has 0 aliphatic carbocycles. The molecule has 0 saturated heterocycles.